The molecule has 1 aromatic rings. The lowest BCUT2D eigenvalue weighted by Crippen LogP contribution is -2.38. The van der Waals surface area contributed by atoms with E-state index in [2.05, 4.69) is 20.8 Å². The van der Waals surface area contributed by atoms with Gasteiger partial charge in [-0.2, -0.15) is 0 Å². The van der Waals surface area contributed by atoms with Crippen molar-refractivity contribution in [2.75, 3.05) is 0 Å². The standard InChI is InChI=1S/C21H30O3/c1-5-17(20(22)16-9-7-6-8-10-16)21(23)24-19-13-15(4)11-12-18(19)14(2)3/h6-10,14-15,17-19H,5,11-13H2,1-4H3/t15-,17-,18-,19+/m0/s1. The Morgan fingerprint density at radius 2 is 1.83 bits per heavy atom. The molecule has 1 aromatic carbocycles. The number of ether oxygens (including phenoxy) is 1. The summed E-state index contributed by atoms with van der Waals surface area (Å²) in [6, 6.07) is 9.04. The highest BCUT2D eigenvalue weighted by Gasteiger charge is 2.36. The minimum absolute atomic E-state index is 0.0566. The Balaban J connectivity index is 2.09. The molecule has 0 aromatic heterocycles. The highest BCUT2D eigenvalue weighted by Crippen LogP contribution is 2.36. The summed E-state index contributed by atoms with van der Waals surface area (Å²) in [6.07, 6.45) is 3.61. The van der Waals surface area contributed by atoms with Gasteiger partial charge in [0.1, 0.15) is 12.0 Å². The van der Waals surface area contributed by atoms with Gasteiger partial charge in [0, 0.05) is 5.56 Å². The van der Waals surface area contributed by atoms with E-state index in [0.717, 1.165) is 12.8 Å². The van der Waals surface area contributed by atoms with E-state index in [1.807, 2.05) is 25.1 Å². The summed E-state index contributed by atoms with van der Waals surface area (Å²) >= 11 is 0. The zero-order valence-electron chi connectivity index (χ0n) is 15.3. The van der Waals surface area contributed by atoms with Crippen LogP contribution in [0.1, 0.15) is 63.7 Å². The number of hydrogen-bond donors (Lipinski definition) is 0. The Hall–Kier alpha value is -1.64. The predicted octanol–water partition coefficient (Wildman–Crippen LogP) is 4.90. The number of carbonyl (C=O) groups excluding carboxylic acids is 2. The van der Waals surface area contributed by atoms with Crippen LogP contribution in [-0.2, 0) is 9.53 Å². The minimum Gasteiger partial charge on any atom is -0.462 e. The molecule has 4 atom stereocenters. The normalized spacial score (nSPS) is 25.3. The smallest absolute Gasteiger partial charge is 0.317 e. The summed E-state index contributed by atoms with van der Waals surface area (Å²) in [7, 11) is 0. The van der Waals surface area contributed by atoms with Gasteiger partial charge in [0.05, 0.1) is 0 Å². The van der Waals surface area contributed by atoms with Crippen LogP contribution in [0.5, 0.6) is 0 Å². The molecule has 0 aliphatic heterocycles. The van der Waals surface area contributed by atoms with E-state index < -0.39 is 5.92 Å². The van der Waals surface area contributed by atoms with Gasteiger partial charge >= 0.3 is 5.97 Å². The second kappa shape index (κ2) is 8.46. The molecular formula is C21H30O3. The zero-order valence-corrected chi connectivity index (χ0v) is 15.3. The van der Waals surface area contributed by atoms with Gasteiger partial charge in [-0.05, 0) is 37.0 Å². The summed E-state index contributed by atoms with van der Waals surface area (Å²) in [5.74, 6) is 0.277. The lowest BCUT2D eigenvalue weighted by molar-refractivity contribution is -0.159. The molecule has 1 saturated carbocycles. The molecule has 0 radical (unpaired) electrons. The monoisotopic (exact) mass is 330 g/mol. The first-order valence-corrected chi connectivity index (χ1v) is 9.23. The van der Waals surface area contributed by atoms with E-state index >= 15 is 0 Å². The van der Waals surface area contributed by atoms with Crippen molar-refractivity contribution in [3.63, 3.8) is 0 Å². The first-order valence-electron chi connectivity index (χ1n) is 9.23. The predicted molar refractivity (Wildman–Crippen MR) is 95.8 cm³/mol. The third-order valence-electron chi connectivity index (χ3n) is 5.30. The average molecular weight is 330 g/mol. The van der Waals surface area contributed by atoms with E-state index in [1.165, 1.54) is 6.42 Å². The van der Waals surface area contributed by atoms with Crippen molar-refractivity contribution >= 4 is 11.8 Å². The highest BCUT2D eigenvalue weighted by atomic mass is 16.5. The first kappa shape index (κ1) is 18.7. The van der Waals surface area contributed by atoms with E-state index in [1.54, 1.807) is 12.1 Å². The van der Waals surface area contributed by atoms with Crippen molar-refractivity contribution in [2.45, 2.75) is 59.5 Å². The fourth-order valence-corrected chi connectivity index (χ4v) is 3.74. The number of ketones is 1. The number of rotatable bonds is 6. The third-order valence-corrected chi connectivity index (χ3v) is 5.30. The third kappa shape index (κ3) is 4.46. The maximum absolute atomic E-state index is 12.7. The van der Waals surface area contributed by atoms with Crippen LogP contribution < -0.4 is 0 Å². The second-order valence-electron chi connectivity index (χ2n) is 7.49. The van der Waals surface area contributed by atoms with Crippen LogP contribution >= 0.6 is 0 Å². The maximum Gasteiger partial charge on any atom is 0.317 e. The van der Waals surface area contributed by atoms with Gasteiger partial charge in [-0.15, -0.1) is 0 Å². The molecule has 3 heteroatoms. The largest absolute Gasteiger partial charge is 0.462 e. The van der Waals surface area contributed by atoms with E-state index in [0.29, 0.717) is 29.7 Å². The van der Waals surface area contributed by atoms with Gasteiger partial charge < -0.3 is 4.74 Å². The fourth-order valence-electron chi connectivity index (χ4n) is 3.74. The van der Waals surface area contributed by atoms with Crippen LogP contribution in [0.3, 0.4) is 0 Å². The van der Waals surface area contributed by atoms with Gasteiger partial charge in [-0.3, -0.25) is 9.59 Å². The Morgan fingerprint density at radius 3 is 2.42 bits per heavy atom. The van der Waals surface area contributed by atoms with Crippen LogP contribution in [0.15, 0.2) is 30.3 Å². The van der Waals surface area contributed by atoms with Crippen molar-refractivity contribution in [1.29, 1.82) is 0 Å². The highest BCUT2D eigenvalue weighted by molar-refractivity contribution is 6.08. The molecule has 0 spiro atoms. The molecule has 3 nitrogen and oxygen atoms in total. The first-order chi connectivity index (χ1) is 11.4. The number of benzene rings is 1. The molecule has 0 bridgehead atoms. The summed E-state index contributed by atoms with van der Waals surface area (Å²) in [6.45, 7) is 8.46. The molecule has 0 saturated heterocycles. The lowest BCUT2D eigenvalue weighted by atomic mass is 9.75. The quantitative estimate of drug-likeness (QED) is 0.423. The lowest BCUT2D eigenvalue weighted by Gasteiger charge is -2.37. The van der Waals surface area contributed by atoms with Crippen LogP contribution in [0.4, 0.5) is 0 Å². The Kier molecular flexibility index (Phi) is 6.59. The van der Waals surface area contributed by atoms with E-state index in [9.17, 15) is 9.59 Å². The molecule has 1 aliphatic rings. The van der Waals surface area contributed by atoms with Crippen LogP contribution in [0.2, 0.25) is 0 Å². The van der Waals surface area contributed by atoms with Crippen LogP contribution in [0, 0.1) is 23.7 Å². The molecule has 2 rings (SSSR count). The van der Waals surface area contributed by atoms with Gasteiger partial charge in [-0.1, -0.05) is 64.4 Å². The van der Waals surface area contributed by atoms with E-state index in [-0.39, 0.29) is 17.9 Å². The SMILES string of the molecule is CC[C@H](C(=O)O[C@@H]1C[C@@H](C)CC[C@H]1C(C)C)C(=O)c1ccccc1. The van der Waals surface area contributed by atoms with Gasteiger partial charge in [0.15, 0.2) is 5.78 Å². The van der Waals surface area contributed by atoms with Crippen molar-refractivity contribution in [1.82, 2.24) is 0 Å². The van der Waals surface area contributed by atoms with Crippen molar-refractivity contribution < 1.29 is 14.3 Å². The molecule has 0 amide bonds. The van der Waals surface area contributed by atoms with Crippen molar-refractivity contribution in [3.8, 4) is 0 Å². The summed E-state index contributed by atoms with van der Waals surface area (Å²) in [5.41, 5.74) is 0.582. The number of Topliss-reactive ketones (excluding diaryl/α,β-unsaturated/α-hetero) is 1. The number of carbonyl (C=O) groups is 2. The zero-order chi connectivity index (χ0) is 17.7. The maximum atomic E-state index is 12.7. The van der Waals surface area contributed by atoms with Gasteiger partial charge in [0.25, 0.3) is 0 Å². The van der Waals surface area contributed by atoms with Crippen molar-refractivity contribution in [2.24, 2.45) is 23.7 Å². The Morgan fingerprint density at radius 1 is 1.17 bits per heavy atom. The Labute approximate surface area is 145 Å². The molecule has 1 fully saturated rings. The average Bonchev–Trinajstić information content (AvgIpc) is 2.56. The minimum atomic E-state index is -0.697. The number of esters is 1. The molecule has 132 valence electrons. The fraction of sp³-hybridized carbons (Fsp3) is 0.619. The molecule has 0 N–H and O–H groups in total. The van der Waals surface area contributed by atoms with Gasteiger partial charge in [-0.25, -0.2) is 0 Å². The molecule has 0 heterocycles. The summed E-state index contributed by atoms with van der Waals surface area (Å²) in [4.78, 5) is 25.3. The van der Waals surface area contributed by atoms with E-state index in [4.69, 9.17) is 4.74 Å². The van der Waals surface area contributed by atoms with Gasteiger partial charge in [0.2, 0.25) is 0 Å². The Bertz CT molecular complexity index is 549. The second-order valence-corrected chi connectivity index (χ2v) is 7.49. The summed E-state index contributed by atoms with van der Waals surface area (Å²) < 4.78 is 5.87. The molecule has 24 heavy (non-hydrogen) atoms. The molecular weight excluding hydrogens is 300 g/mol. The van der Waals surface area contributed by atoms with Crippen molar-refractivity contribution in [3.05, 3.63) is 35.9 Å². The van der Waals surface area contributed by atoms with Crippen LogP contribution in [-0.4, -0.2) is 17.9 Å². The molecule has 1 aliphatic carbocycles. The topological polar surface area (TPSA) is 43.4 Å². The summed E-state index contributed by atoms with van der Waals surface area (Å²) in [5, 5.41) is 0. The molecule has 0 unspecified atom stereocenters. The number of hydrogen-bond acceptors (Lipinski definition) is 3. The van der Waals surface area contributed by atoms with Crippen LogP contribution in [0.25, 0.3) is 0 Å².